The molecule has 1 saturated heterocycles. The highest BCUT2D eigenvalue weighted by atomic mass is 16.5. The summed E-state index contributed by atoms with van der Waals surface area (Å²) in [5.74, 6) is 0.992. The summed E-state index contributed by atoms with van der Waals surface area (Å²) in [5.41, 5.74) is 4.22. The number of anilines is 1. The van der Waals surface area contributed by atoms with Gasteiger partial charge in [0, 0.05) is 30.5 Å². The number of nitrogens with one attached hydrogen (secondary N) is 1. The molecule has 0 amide bonds. The highest BCUT2D eigenvalue weighted by molar-refractivity contribution is 5.78. The van der Waals surface area contributed by atoms with Gasteiger partial charge in [-0.1, -0.05) is 43.7 Å². The standard InChI is InChI=1S/C20H24N4O/c1-2-7-16-12-19(21-13-17-10-6-11-25-17)24-20(23-16)18(14-22-24)15-8-4-3-5-9-15/h3-5,8-9,12,14,17,21H,2,6-7,10-11,13H2,1H3/t17-/m1/s1. The number of aromatic nitrogens is 3. The summed E-state index contributed by atoms with van der Waals surface area (Å²) in [5, 5.41) is 8.12. The fourth-order valence-corrected chi connectivity index (χ4v) is 3.37. The Morgan fingerprint density at radius 1 is 1.28 bits per heavy atom. The van der Waals surface area contributed by atoms with Crippen molar-refractivity contribution in [2.75, 3.05) is 18.5 Å². The van der Waals surface area contributed by atoms with Crippen LogP contribution in [0.1, 0.15) is 31.9 Å². The second-order valence-corrected chi connectivity index (χ2v) is 6.56. The van der Waals surface area contributed by atoms with Gasteiger partial charge in [0.2, 0.25) is 0 Å². The molecule has 5 heteroatoms. The molecule has 1 fully saturated rings. The first kappa shape index (κ1) is 16.1. The monoisotopic (exact) mass is 336 g/mol. The number of hydrogen-bond acceptors (Lipinski definition) is 4. The first-order chi connectivity index (χ1) is 12.3. The van der Waals surface area contributed by atoms with E-state index in [1.54, 1.807) is 0 Å². The number of fused-ring (bicyclic) bond motifs is 1. The largest absolute Gasteiger partial charge is 0.376 e. The van der Waals surface area contributed by atoms with Crippen LogP contribution in [0.3, 0.4) is 0 Å². The minimum absolute atomic E-state index is 0.294. The maximum Gasteiger partial charge on any atom is 0.165 e. The van der Waals surface area contributed by atoms with Gasteiger partial charge in [-0.2, -0.15) is 9.61 Å². The van der Waals surface area contributed by atoms with E-state index >= 15 is 0 Å². The van der Waals surface area contributed by atoms with Gasteiger partial charge in [-0.3, -0.25) is 0 Å². The van der Waals surface area contributed by atoms with Gasteiger partial charge in [0.1, 0.15) is 5.82 Å². The molecule has 1 atom stereocenters. The molecule has 1 aliphatic heterocycles. The maximum absolute atomic E-state index is 5.73. The lowest BCUT2D eigenvalue weighted by Gasteiger charge is -2.14. The number of hydrogen-bond donors (Lipinski definition) is 1. The molecule has 25 heavy (non-hydrogen) atoms. The van der Waals surface area contributed by atoms with E-state index in [1.165, 1.54) is 0 Å². The van der Waals surface area contributed by atoms with Gasteiger partial charge in [0.25, 0.3) is 0 Å². The lowest BCUT2D eigenvalue weighted by Crippen LogP contribution is -2.20. The predicted octanol–water partition coefficient (Wildman–Crippen LogP) is 3.94. The molecule has 1 N–H and O–H groups in total. The molecule has 130 valence electrons. The summed E-state index contributed by atoms with van der Waals surface area (Å²) in [4.78, 5) is 4.87. The molecule has 3 aromatic rings. The molecule has 0 bridgehead atoms. The van der Waals surface area contributed by atoms with Crippen molar-refractivity contribution in [1.29, 1.82) is 0 Å². The Bertz CT molecular complexity index is 838. The van der Waals surface area contributed by atoms with Crippen molar-refractivity contribution < 1.29 is 4.74 Å². The van der Waals surface area contributed by atoms with Crippen LogP contribution in [0.5, 0.6) is 0 Å². The Labute approximate surface area is 148 Å². The minimum atomic E-state index is 0.294. The van der Waals surface area contributed by atoms with Crippen LogP contribution >= 0.6 is 0 Å². The SMILES string of the molecule is CCCc1cc(NC[C@H]2CCCO2)n2ncc(-c3ccccc3)c2n1. The highest BCUT2D eigenvalue weighted by Gasteiger charge is 2.17. The molecule has 2 aromatic heterocycles. The third-order valence-corrected chi connectivity index (χ3v) is 4.65. The van der Waals surface area contributed by atoms with E-state index in [0.29, 0.717) is 6.10 Å². The zero-order valence-electron chi connectivity index (χ0n) is 14.6. The molecule has 0 saturated carbocycles. The zero-order valence-corrected chi connectivity index (χ0v) is 14.6. The summed E-state index contributed by atoms with van der Waals surface area (Å²) >= 11 is 0. The van der Waals surface area contributed by atoms with E-state index in [0.717, 1.165) is 67.1 Å². The Morgan fingerprint density at radius 2 is 2.16 bits per heavy atom. The van der Waals surface area contributed by atoms with Crippen molar-refractivity contribution in [3.8, 4) is 11.1 Å². The number of ether oxygens (including phenoxy) is 1. The van der Waals surface area contributed by atoms with Crippen LogP contribution < -0.4 is 5.32 Å². The van der Waals surface area contributed by atoms with Crippen LogP contribution in [0.2, 0.25) is 0 Å². The molecule has 0 unspecified atom stereocenters. The van der Waals surface area contributed by atoms with Crippen molar-refractivity contribution in [2.24, 2.45) is 0 Å². The normalized spacial score (nSPS) is 17.2. The van der Waals surface area contributed by atoms with Gasteiger partial charge >= 0.3 is 0 Å². The molecule has 0 spiro atoms. The van der Waals surface area contributed by atoms with E-state index in [4.69, 9.17) is 9.72 Å². The molecule has 4 rings (SSSR count). The summed E-state index contributed by atoms with van der Waals surface area (Å²) in [6.07, 6.45) is 6.51. The topological polar surface area (TPSA) is 51.5 Å². The lowest BCUT2D eigenvalue weighted by molar-refractivity contribution is 0.120. The average Bonchev–Trinajstić information content (AvgIpc) is 3.30. The highest BCUT2D eigenvalue weighted by Crippen LogP contribution is 2.26. The molecule has 1 aliphatic rings. The Balaban J connectivity index is 1.72. The zero-order chi connectivity index (χ0) is 17.1. The van der Waals surface area contributed by atoms with Crippen LogP contribution in [0.15, 0.2) is 42.6 Å². The fourth-order valence-electron chi connectivity index (χ4n) is 3.37. The molecule has 0 radical (unpaired) electrons. The molecular formula is C20H24N4O. The quantitative estimate of drug-likeness (QED) is 0.741. The second kappa shape index (κ2) is 7.23. The van der Waals surface area contributed by atoms with E-state index in [-0.39, 0.29) is 0 Å². The minimum Gasteiger partial charge on any atom is -0.376 e. The first-order valence-electron chi connectivity index (χ1n) is 9.13. The van der Waals surface area contributed by atoms with E-state index < -0.39 is 0 Å². The number of nitrogens with zero attached hydrogens (tertiary/aromatic N) is 3. The van der Waals surface area contributed by atoms with Crippen LogP contribution in [0.4, 0.5) is 5.82 Å². The van der Waals surface area contributed by atoms with Gasteiger partial charge in [-0.15, -0.1) is 0 Å². The maximum atomic E-state index is 5.73. The van der Waals surface area contributed by atoms with Crippen molar-refractivity contribution in [2.45, 2.75) is 38.7 Å². The van der Waals surface area contributed by atoms with Gasteiger partial charge in [0.15, 0.2) is 5.65 Å². The fraction of sp³-hybridized carbons (Fsp3) is 0.400. The molecule has 0 aliphatic carbocycles. The second-order valence-electron chi connectivity index (χ2n) is 6.56. The number of rotatable bonds is 6. The van der Waals surface area contributed by atoms with Gasteiger partial charge in [-0.25, -0.2) is 4.98 Å². The van der Waals surface area contributed by atoms with Crippen molar-refractivity contribution in [3.05, 3.63) is 48.3 Å². The van der Waals surface area contributed by atoms with Crippen LogP contribution in [-0.4, -0.2) is 33.9 Å². The number of benzene rings is 1. The van der Waals surface area contributed by atoms with Crippen molar-refractivity contribution >= 4 is 11.5 Å². The summed E-state index contributed by atoms with van der Waals surface area (Å²) in [7, 11) is 0. The molecular weight excluding hydrogens is 312 g/mol. The Morgan fingerprint density at radius 3 is 2.92 bits per heavy atom. The molecule has 5 nitrogen and oxygen atoms in total. The first-order valence-corrected chi connectivity index (χ1v) is 9.13. The average molecular weight is 336 g/mol. The molecule has 1 aromatic carbocycles. The summed E-state index contributed by atoms with van der Waals surface area (Å²) in [6, 6.07) is 12.4. The summed E-state index contributed by atoms with van der Waals surface area (Å²) < 4.78 is 7.64. The van der Waals surface area contributed by atoms with Gasteiger partial charge in [-0.05, 0) is 24.8 Å². The van der Waals surface area contributed by atoms with E-state index in [9.17, 15) is 0 Å². The van der Waals surface area contributed by atoms with Crippen molar-refractivity contribution in [3.63, 3.8) is 0 Å². The number of aryl methyl sites for hydroxylation is 1. The van der Waals surface area contributed by atoms with Crippen molar-refractivity contribution in [1.82, 2.24) is 14.6 Å². The van der Waals surface area contributed by atoms with Crippen LogP contribution in [-0.2, 0) is 11.2 Å². The van der Waals surface area contributed by atoms with Crippen LogP contribution in [0, 0.1) is 0 Å². The Hall–Kier alpha value is -2.40. The smallest absolute Gasteiger partial charge is 0.165 e. The lowest BCUT2D eigenvalue weighted by atomic mass is 10.1. The summed E-state index contributed by atoms with van der Waals surface area (Å²) in [6.45, 7) is 3.87. The predicted molar refractivity (Wildman–Crippen MR) is 99.9 cm³/mol. The Kier molecular flexibility index (Phi) is 4.65. The van der Waals surface area contributed by atoms with Gasteiger partial charge in [0.05, 0.1) is 12.3 Å². The third kappa shape index (κ3) is 3.37. The third-order valence-electron chi connectivity index (χ3n) is 4.65. The van der Waals surface area contributed by atoms with Crippen LogP contribution in [0.25, 0.3) is 16.8 Å². The van der Waals surface area contributed by atoms with E-state index in [2.05, 4.69) is 35.5 Å². The van der Waals surface area contributed by atoms with Gasteiger partial charge < -0.3 is 10.1 Å². The van der Waals surface area contributed by atoms with E-state index in [1.807, 2.05) is 28.9 Å². The molecule has 3 heterocycles.